The Labute approximate surface area is 84.1 Å². The molecule has 0 N–H and O–H groups in total. The van der Waals surface area contributed by atoms with Gasteiger partial charge in [0, 0.05) is 10.8 Å². The molecule has 0 radical (unpaired) electrons. The molecule has 0 aromatic heterocycles. The fourth-order valence-corrected chi connectivity index (χ4v) is 1.66. The van der Waals surface area contributed by atoms with E-state index in [1.807, 2.05) is 0 Å². The molecule has 0 atom stereocenters. The predicted molar refractivity (Wildman–Crippen MR) is 49.1 cm³/mol. The molecule has 0 unspecified atom stereocenters. The molecule has 0 saturated heterocycles. The minimum atomic E-state index is -4.36. The number of hydrogen-bond donors (Lipinski definition) is 1. The van der Waals surface area contributed by atoms with Gasteiger partial charge in [0.05, 0.1) is 5.56 Å². The highest BCUT2D eigenvalue weighted by atomic mass is 35.5. The maximum atomic E-state index is 12.3. The maximum Gasteiger partial charge on any atom is 0.416 e. The van der Waals surface area contributed by atoms with E-state index in [-0.39, 0.29) is 16.3 Å². The summed E-state index contributed by atoms with van der Waals surface area (Å²) < 4.78 is 37.0. The Kier molecular flexibility index (Phi) is 3.14. The molecule has 1 rings (SSSR count). The number of hydrogen-bond acceptors (Lipinski definition) is 1. The second kappa shape index (κ2) is 3.80. The van der Waals surface area contributed by atoms with Crippen LogP contribution in [0.25, 0.3) is 0 Å². The van der Waals surface area contributed by atoms with Crippen molar-refractivity contribution in [2.75, 3.05) is 0 Å². The molecule has 0 nitrogen and oxygen atoms in total. The number of benzene rings is 1. The molecule has 0 bridgehead atoms. The minimum absolute atomic E-state index is 0.0193. The molecule has 72 valence electrons. The molecule has 0 amide bonds. The Morgan fingerprint density at radius 2 is 1.92 bits per heavy atom. The molecule has 13 heavy (non-hydrogen) atoms. The minimum Gasteiger partial charge on any atom is -0.174 e. The molecule has 5 heteroatoms. The predicted octanol–water partition coefficient (Wildman–Crippen LogP) is 3.79. The van der Waals surface area contributed by atoms with Gasteiger partial charge in [-0.15, -0.1) is 0 Å². The maximum absolute atomic E-state index is 12.3. The van der Waals surface area contributed by atoms with Gasteiger partial charge in [0.15, 0.2) is 0 Å². The molecule has 1 aromatic rings. The first-order chi connectivity index (χ1) is 5.96. The van der Waals surface area contributed by atoms with Crippen LogP contribution in [-0.4, -0.2) is 0 Å². The van der Waals surface area contributed by atoms with Gasteiger partial charge in [-0.05, 0) is 17.7 Å². The third-order valence-electron chi connectivity index (χ3n) is 1.58. The summed E-state index contributed by atoms with van der Waals surface area (Å²) in [6.45, 7) is 0. The third-order valence-corrected chi connectivity index (χ3v) is 2.25. The highest BCUT2D eigenvalue weighted by molar-refractivity contribution is 7.79. The molecular weight excluding hydrogens is 221 g/mol. The van der Waals surface area contributed by atoms with Crippen LogP contribution in [0.4, 0.5) is 13.2 Å². The molecule has 0 fully saturated rings. The summed E-state index contributed by atoms with van der Waals surface area (Å²) in [4.78, 5) is 0. The van der Waals surface area contributed by atoms with Gasteiger partial charge in [-0.3, -0.25) is 0 Å². The zero-order chi connectivity index (χ0) is 10.1. The van der Waals surface area contributed by atoms with E-state index in [1.165, 1.54) is 12.1 Å². The Balaban J connectivity index is 3.29. The average molecular weight is 227 g/mol. The van der Waals surface area contributed by atoms with Crippen LogP contribution in [0.5, 0.6) is 0 Å². The Bertz CT molecular complexity index is 309. The summed E-state index contributed by atoms with van der Waals surface area (Å²) in [6, 6.07) is 3.69. The number of rotatable bonds is 1. The van der Waals surface area contributed by atoms with Crippen molar-refractivity contribution in [3.8, 4) is 0 Å². The first-order valence-corrected chi connectivity index (χ1v) is 4.43. The highest BCUT2D eigenvalue weighted by Crippen LogP contribution is 2.35. The van der Waals surface area contributed by atoms with Gasteiger partial charge in [0.2, 0.25) is 0 Å². The van der Waals surface area contributed by atoms with Gasteiger partial charge in [-0.2, -0.15) is 25.8 Å². The normalized spacial score (nSPS) is 11.8. The van der Waals surface area contributed by atoms with Crippen LogP contribution in [0.15, 0.2) is 18.2 Å². The van der Waals surface area contributed by atoms with Crippen molar-refractivity contribution in [2.24, 2.45) is 0 Å². The second-order valence-electron chi connectivity index (χ2n) is 2.42. The van der Waals surface area contributed by atoms with Gasteiger partial charge in [0.1, 0.15) is 0 Å². The molecule has 0 aliphatic carbocycles. The summed E-state index contributed by atoms with van der Waals surface area (Å²) in [6.07, 6.45) is -4.36. The topological polar surface area (TPSA) is 0 Å². The van der Waals surface area contributed by atoms with E-state index in [9.17, 15) is 13.2 Å². The molecule has 0 heterocycles. The first-order valence-electron chi connectivity index (χ1n) is 3.42. The Morgan fingerprint density at radius 1 is 1.31 bits per heavy atom. The Morgan fingerprint density at radius 3 is 2.31 bits per heavy atom. The molecule has 0 aliphatic rings. The average Bonchev–Trinajstić information content (AvgIpc) is 2.02. The van der Waals surface area contributed by atoms with Crippen molar-refractivity contribution in [1.29, 1.82) is 0 Å². The summed E-state index contributed by atoms with van der Waals surface area (Å²) >= 11 is 9.38. The molecule has 1 aromatic carbocycles. The third kappa shape index (κ3) is 2.31. The van der Waals surface area contributed by atoms with Crippen LogP contribution >= 0.6 is 24.2 Å². The van der Waals surface area contributed by atoms with E-state index < -0.39 is 11.7 Å². The first kappa shape index (κ1) is 10.7. The number of halogens is 4. The summed E-state index contributed by atoms with van der Waals surface area (Å²) in [5.41, 5.74) is -0.685. The lowest BCUT2D eigenvalue weighted by molar-refractivity contribution is -0.138. The van der Waals surface area contributed by atoms with Crippen molar-refractivity contribution >= 4 is 24.2 Å². The summed E-state index contributed by atoms with van der Waals surface area (Å²) in [5, 5.41) is 0.102. The van der Waals surface area contributed by atoms with Crippen LogP contribution in [0.3, 0.4) is 0 Å². The summed E-state index contributed by atoms with van der Waals surface area (Å²) in [7, 11) is 0. The van der Waals surface area contributed by atoms with Crippen molar-refractivity contribution in [2.45, 2.75) is 11.9 Å². The highest BCUT2D eigenvalue weighted by Gasteiger charge is 2.33. The van der Waals surface area contributed by atoms with Gasteiger partial charge < -0.3 is 0 Å². The zero-order valence-corrected chi connectivity index (χ0v) is 8.05. The largest absolute Gasteiger partial charge is 0.416 e. The van der Waals surface area contributed by atoms with Crippen molar-refractivity contribution < 1.29 is 13.2 Å². The molecule has 0 saturated carbocycles. The lowest BCUT2D eigenvalue weighted by Crippen LogP contribution is -2.08. The van der Waals surface area contributed by atoms with Crippen LogP contribution < -0.4 is 0 Å². The fraction of sp³-hybridized carbons (Fsp3) is 0.250. The van der Waals surface area contributed by atoms with Gasteiger partial charge in [-0.25, -0.2) is 0 Å². The van der Waals surface area contributed by atoms with E-state index in [4.69, 9.17) is 11.6 Å². The van der Waals surface area contributed by atoms with Gasteiger partial charge >= 0.3 is 6.18 Å². The van der Waals surface area contributed by atoms with Crippen LogP contribution in [0.1, 0.15) is 11.1 Å². The van der Waals surface area contributed by atoms with E-state index in [1.54, 1.807) is 0 Å². The van der Waals surface area contributed by atoms with Gasteiger partial charge in [0.25, 0.3) is 0 Å². The van der Waals surface area contributed by atoms with E-state index >= 15 is 0 Å². The number of thiol groups is 1. The molecular formula is C8H6ClF3S. The van der Waals surface area contributed by atoms with Crippen molar-refractivity contribution in [3.05, 3.63) is 34.3 Å². The standard InChI is InChI=1S/C8H6ClF3S/c9-7-3-1-2-6(5(7)4-13)8(10,11)12/h1-3,13H,4H2. The lowest BCUT2D eigenvalue weighted by atomic mass is 10.1. The second-order valence-corrected chi connectivity index (χ2v) is 3.15. The number of alkyl halides is 3. The van der Waals surface area contributed by atoms with Crippen molar-refractivity contribution in [1.82, 2.24) is 0 Å². The summed E-state index contributed by atoms with van der Waals surface area (Å²) in [5.74, 6) is -0.0193. The van der Waals surface area contributed by atoms with E-state index in [0.29, 0.717) is 0 Å². The zero-order valence-electron chi connectivity index (χ0n) is 6.40. The Hall–Kier alpha value is -0.350. The quantitative estimate of drug-likeness (QED) is 0.692. The van der Waals surface area contributed by atoms with Gasteiger partial charge in [-0.1, -0.05) is 17.7 Å². The van der Waals surface area contributed by atoms with Crippen LogP contribution in [0, 0.1) is 0 Å². The monoisotopic (exact) mass is 226 g/mol. The van der Waals surface area contributed by atoms with Crippen LogP contribution in [0.2, 0.25) is 5.02 Å². The van der Waals surface area contributed by atoms with E-state index in [0.717, 1.165) is 6.07 Å². The fourth-order valence-electron chi connectivity index (χ4n) is 0.985. The van der Waals surface area contributed by atoms with E-state index in [2.05, 4.69) is 12.6 Å². The lowest BCUT2D eigenvalue weighted by Gasteiger charge is -2.11. The van der Waals surface area contributed by atoms with Crippen molar-refractivity contribution in [3.63, 3.8) is 0 Å². The SMILES string of the molecule is FC(F)(F)c1cccc(Cl)c1CS. The smallest absolute Gasteiger partial charge is 0.174 e. The molecule has 0 spiro atoms. The molecule has 0 aliphatic heterocycles. The van der Waals surface area contributed by atoms with Crippen LogP contribution in [-0.2, 0) is 11.9 Å².